The molecule has 1 unspecified atom stereocenters. The maximum atomic E-state index is 14.3. The lowest BCUT2D eigenvalue weighted by Crippen LogP contribution is -2.40. The van der Waals surface area contributed by atoms with Crippen LogP contribution in [0.25, 0.3) is 0 Å². The minimum atomic E-state index is -4.63. The van der Waals surface area contributed by atoms with E-state index in [0.717, 1.165) is 35.9 Å². The molecule has 40 heavy (non-hydrogen) atoms. The molecular weight excluding hydrogens is 543 g/mol. The van der Waals surface area contributed by atoms with Gasteiger partial charge in [-0.2, -0.15) is 13.2 Å². The SMILES string of the molecule is CC(C)OC(=O)C1=CN(C(=O)c2ccc(OCCN3CCCCC3)cc2)CC(C)(C)C2=C1C(C(F)(F)F)N(C)S2. The number of ether oxygens (including phenoxy) is 2. The van der Waals surface area contributed by atoms with E-state index >= 15 is 0 Å². The maximum Gasteiger partial charge on any atom is 0.409 e. The van der Waals surface area contributed by atoms with Gasteiger partial charge in [0.05, 0.1) is 11.7 Å². The van der Waals surface area contributed by atoms with E-state index in [0.29, 0.717) is 22.8 Å². The van der Waals surface area contributed by atoms with Crippen molar-refractivity contribution in [1.29, 1.82) is 0 Å². The number of likely N-dealkylation sites (N-methyl/N-ethyl adjacent to an activating group) is 1. The zero-order valence-electron chi connectivity index (χ0n) is 23.7. The molecule has 1 aromatic rings. The lowest BCUT2D eigenvalue weighted by molar-refractivity contribution is -0.157. The van der Waals surface area contributed by atoms with Crippen LogP contribution >= 0.6 is 11.9 Å². The molecule has 3 aliphatic rings. The molecule has 11 heteroatoms. The van der Waals surface area contributed by atoms with E-state index in [4.69, 9.17) is 9.47 Å². The van der Waals surface area contributed by atoms with Crippen LogP contribution in [-0.4, -0.2) is 84.1 Å². The van der Waals surface area contributed by atoms with E-state index in [1.54, 1.807) is 52.0 Å². The number of halogens is 3. The molecule has 0 saturated carbocycles. The van der Waals surface area contributed by atoms with E-state index in [1.165, 1.54) is 37.4 Å². The minimum absolute atomic E-state index is 0.0859. The van der Waals surface area contributed by atoms with Crippen LogP contribution in [0, 0.1) is 5.41 Å². The van der Waals surface area contributed by atoms with Gasteiger partial charge in [-0.15, -0.1) is 0 Å². The lowest BCUT2D eigenvalue weighted by atomic mass is 9.86. The second-order valence-corrected chi connectivity index (χ2v) is 12.6. The van der Waals surface area contributed by atoms with Gasteiger partial charge in [0.1, 0.15) is 18.4 Å². The zero-order valence-corrected chi connectivity index (χ0v) is 24.5. The summed E-state index contributed by atoms with van der Waals surface area (Å²) in [6.07, 6.45) is -0.251. The van der Waals surface area contributed by atoms with Crippen molar-refractivity contribution in [2.45, 2.75) is 65.3 Å². The third-order valence-electron chi connectivity index (χ3n) is 7.23. The summed E-state index contributed by atoms with van der Waals surface area (Å²) in [5.41, 5.74) is -0.924. The molecular formula is C29H38F3N3O4S. The molecule has 1 amide bonds. The molecule has 220 valence electrons. The summed E-state index contributed by atoms with van der Waals surface area (Å²) in [7, 11) is 1.36. The Hall–Kier alpha value is -2.50. The third-order valence-corrected chi connectivity index (χ3v) is 8.69. The average molecular weight is 582 g/mol. The summed E-state index contributed by atoms with van der Waals surface area (Å²) in [4.78, 5) is 30.9. The molecule has 3 aliphatic heterocycles. The smallest absolute Gasteiger partial charge is 0.409 e. The molecule has 0 aromatic heterocycles. The number of benzene rings is 1. The predicted octanol–water partition coefficient (Wildman–Crippen LogP) is 5.65. The molecule has 7 nitrogen and oxygen atoms in total. The first-order valence-corrected chi connectivity index (χ1v) is 14.5. The highest BCUT2D eigenvalue weighted by Gasteiger charge is 2.55. The van der Waals surface area contributed by atoms with Gasteiger partial charge in [0.2, 0.25) is 0 Å². The standard InChI is InChI=1S/C29H38F3N3O4S/c1-19(2)39-27(37)22-17-35(18-28(3,4)25-23(22)24(29(30,31)32)33(5)40-25)26(36)20-9-11-21(12-10-20)38-16-15-34-13-7-6-8-14-34/h9-12,17,19,24H,6-8,13-16,18H2,1-5H3. The minimum Gasteiger partial charge on any atom is -0.492 e. The molecule has 1 aromatic carbocycles. The van der Waals surface area contributed by atoms with Gasteiger partial charge >= 0.3 is 12.1 Å². The quantitative estimate of drug-likeness (QED) is 0.305. The van der Waals surface area contributed by atoms with Crippen LogP contribution in [0.2, 0.25) is 0 Å². The number of nitrogens with zero attached hydrogens (tertiary/aromatic N) is 3. The van der Waals surface area contributed by atoms with E-state index in [2.05, 4.69) is 4.90 Å². The van der Waals surface area contributed by atoms with Gasteiger partial charge in [-0.3, -0.25) is 9.69 Å². The Morgan fingerprint density at radius 3 is 2.35 bits per heavy atom. The Kier molecular flexibility index (Phi) is 9.26. The number of amides is 1. The number of alkyl halides is 3. The molecule has 1 fully saturated rings. The number of carbonyl (C=O) groups excluding carboxylic acids is 2. The molecule has 0 aliphatic carbocycles. The first-order valence-electron chi connectivity index (χ1n) is 13.7. The first-order chi connectivity index (χ1) is 18.8. The zero-order chi connectivity index (χ0) is 29.2. The van der Waals surface area contributed by atoms with Gasteiger partial charge in [0.25, 0.3) is 5.91 Å². The van der Waals surface area contributed by atoms with Crippen molar-refractivity contribution in [2.75, 3.05) is 39.8 Å². The fourth-order valence-electron chi connectivity index (χ4n) is 5.35. The van der Waals surface area contributed by atoms with Crippen LogP contribution in [-0.2, 0) is 9.53 Å². The maximum absolute atomic E-state index is 14.3. The highest BCUT2D eigenvalue weighted by molar-refractivity contribution is 8.01. The molecule has 4 rings (SSSR count). The second-order valence-electron chi connectivity index (χ2n) is 11.4. The fraction of sp³-hybridized carbons (Fsp3) is 0.586. The summed E-state index contributed by atoms with van der Waals surface area (Å²) >= 11 is 0.960. The van der Waals surface area contributed by atoms with Crippen molar-refractivity contribution in [3.05, 3.63) is 52.1 Å². The second kappa shape index (κ2) is 12.2. The summed E-state index contributed by atoms with van der Waals surface area (Å²) in [5.74, 6) is -0.680. The van der Waals surface area contributed by atoms with Crippen LogP contribution in [0.15, 0.2) is 46.5 Å². The monoisotopic (exact) mass is 581 g/mol. The van der Waals surface area contributed by atoms with Crippen LogP contribution < -0.4 is 4.74 Å². The van der Waals surface area contributed by atoms with Gasteiger partial charge in [-0.25, -0.2) is 9.10 Å². The van der Waals surface area contributed by atoms with Crippen molar-refractivity contribution >= 4 is 23.8 Å². The number of hydrogen-bond donors (Lipinski definition) is 0. The third kappa shape index (κ3) is 6.86. The predicted molar refractivity (Wildman–Crippen MR) is 149 cm³/mol. The van der Waals surface area contributed by atoms with E-state index in [-0.39, 0.29) is 17.7 Å². The average Bonchev–Trinajstić information content (AvgIpc) is 3.20. The number of hydrogen-bond acceptors (Lipinski definition) is 7. The van der Waals surface area contributed by atoms with Gasteiger partial charge < -0.3 is 14.4 Å². The number of piperidine rings is 1. The van der Waals surface area contributed by atoms with Gasteiger partial charge in [0.15, 0.2) is 0 Å². The molecule has 0 radical (unpaired) electrons. The summed E-state index contributed by atoms with van der Waals surface area (Å²) in [6.45, 7) is 10.5. The Bertz CT molecular complexity index is 1160. The summed E-state index contributed by atoms with van der Waals surface area (Å²) in [6, 6.07) is 4.70. The van der Waals surface area contributed by atoms with Crippen molar-refractivity contribution in [1.82, 2.24) is 14.1 Å². The van der Waals surface area contributed by atoms with E-state index in [1.807, 2.05) is 0 Å². The van der Waals surface area contributed by atoms with Gasteiger partial charge in [0, 0.05) is 40.7 Å². The van der Waals surface area contributed by atoms with Crippen LogP contribution in [0.4, 0.5) is 13.2 Å². The summed E-state index contributed by atoms with van der Waals surface area (Å²) in [5, 5.41) is 0. The van der Waals surface area contributed by atoms with E-state index in [9.17, 15) is 22.8 Å². The summed E-state index contributed by atoms with van der Waals surface area (Å²) < 4.78 is 55.1. The normalized spacial score (nSPS) is 22.2. The fourth-order valence-corrected chi connectivity index (χ4v) is 6.60. The van der Waals surface area contributed by atoms with Crippen molar-refractivity contribution in [3.8, 4) is 5.75 Å². The number of likely N-dealkylation sites (tertiary alicyclic amines) is 1. The number of carbonyl (C=O) groups is 2. The topological polar surface area (TPSA) is 62.3 Å². The molecule has 0 bridgehead atoms. The first kappa shape index (κ1) is 30.5. The van der Waals surface area contributed by atoms with Crippen LogP contribution in [0.1, 0.15) is 57.3 Å². The number of rotatable bonds is 7. The molecule has 1 saturated heterocycles. The Morgan fingerprint density at radius 2 is 1.75 bits per heavy atom. The molecule has 0 N–H and O–H groups in total. The van der Waals surface area contributed by atoms with Crippen LogP contribution in [0.3, 0.4) is 0 Å². The van der Waals surface area contributed by atoms with Crippen molar-refractivity contribution in [2.24, 2.45) is 5.41 Å². The van der Waals surface area contributed by atoms with Crippen molar-refractivity contribution in [3.63, 3.8) is 0 Å². The lowest BCUT2D eigenvalue weighted by Gasteiger charge is -2.31. The Balaban J connectivity index is 1.59. The largest absolute Gasteiger partial charge is 0.492 e. The van der Waals surface area contributed by atoms with E-state index < -0.39 is 35.6 Å². The Morgan fingerprint density at radius 1 is 1.10 bits per heavy atom. The molecule has 3 heterocycles. The van der Waals surface area contributed by atoms with Gasteiger partial charge in [-0.1, -0.05) is 20.3 Å². The highest BCUT2D eigenvalue weighted by Crippen LogP contribution is 2.54. The molecule has 1 atom stereocenters. The number of esters is 1. The van der Waals surface area contributed by atoms with Crippen molar-refractivity contribution < 1.29 is 32.2 Å². The highest BCUT2D eigenvalue weighted by atomic mass is 32.2. The molecule has 0 spiro atoms. The van der Waals surface area contributed by atoms with Crippen LogP contribution in [0.5, 0.6) is 5.75 Å². The van der Waals surface area contributed by atoms with Gasteiger partial charge in [-0.05, 0) is 83.0 Å². The Labute approximate surface area is 238 Å².